The van der Waals surface area contributed by atoms with Crippen LogP contribution in [0.15, 0.2) is 125 Å². The summed E-state index contributed by atoms with van der Waals surface area (Å²) in [5, 5.41) is 38.8. The quantitative estimate of drug-likeness (QED) is 0.0580. The van der Waals surface area contributed by atoms with Crippen LogP contribution in [0.1, 0.15) is 61.7 Å². The Morgan fingerprint density at radius 3 is 1.77 bits per heavy atom. The molecule has 0 fully saturated rings. The van der Waals surface area contributed by atoms with Gasteiger partial charge in [0.15, 0.2) is 11.5 Å². The van der Waals surface area contributed by atoms with Crippen LogP contribution in [0.3, 0.4) is 0 Å². The van der Waals surface area contributed by atoms with Crippen LogP contribution in [0.25, 0.3) is 0 Å². The van der Waals surface area contributed by atoms with Crippen molar-refractivity contribution < 1.29 is 43.7 Å². The molecule has 5 aromatic rings. The molecule has 290 valence electrons. The Balaban J connectivity index is 1.22. The number of phenols is 1. The fourth-order valence-corrected chi connectivity index (χ4v) is 5.17. The lowest BCUT2D eigenvalue weighted by Crippen LogP contribution is -2.46. The third kappa shape index (κ3) is 11.1. The molecule has 5 aromatic carbocycles. The highest BCUT2D eigenvalue weighted by Crippen LogP contribution is 2.39. The Labute approximate surface area is 325 Å². The van der Waals surface area contributed by atoms with E-state index in [-0.39, 0.29) is 45.1 Å². The Hall–Kier alpha value is -7.88. The molecule has 0 heterocycles. The molecule has 5 rings (SSSR count). The number of nitrogens with zero attached hydrogens (tertiary/aromatic N) is 2. The van der Waals surface area contributed by atoms with E-state index in [2.05, 4.69) is 31.5 Å². The van der Waals surface area contributed by atoms with Gasteiger partial charge in [-0.1, -0.05) is 18.2 Å². The fourth-order valence-electron chi connectivity index (χ4n) is 5.17. The van der Waals surface area contributed by atoms with Crippen molar-refractivity contribution in [3.8, 4) is 11.5 Å². The monoisotopic (exact) mass is 771 g/mol. The fraction of sp³-hybridized carbons (Fsp3) is 0.122. The predicted octanol–water partition coefficient (Wildman–Crippen LogP) is 6.41. The average molecular weight is 772 g/mol. The van der Waals surface area contributed by atoms with Gasteiger partial charge in [-0.25, -0.2) is 4.79 Å². The van der Waals surface area contributed by atoms with Crippen molar-refractivity contribution in [2.75, 3.05) is 16.0 Å². The molecular weight excluding hydrogens is 734 g/mol. The number of nitrogens with two attached hydrogens (primary N) is 1. The van der Waals surface area contributed by atoms with Crippen molar-refractivity contribution in [3.63, 3.8) is 0 Å². The lowest BCUT2D eigenvalue weighted by atomic mass is 10.1. The number of nitrogens with one attached hydrogen (secondary N) is 4. The molecule has 0 aromatic heterocycles. The number of aromatic hydroxyl groups is 1. The van der Waals surface area contributed by atoms with Crippen molar-refractivity contribution in [2.24, 2.45) is 16.0 Å². The third-order valence-electron chi connectivity index (χ3n) is 7.98. The van der Waals surface area contributed by atoms with Crippen LogP contribution in [0, 0.1) is 0 Å². The number of phenolic OH excluding ortho intramolecular Hbond substituents is 1. The van der Waals surface area contributed by atoms with Gasteiger partial charge in [0.2, 0.25) is 11.8 Å². The highest BCUT2D eigenvalue weighted by atomic mass is 16.5. The summed E-state index contributed by atoms with van der Waals surface area (Å²) >= 11 is 0. The normalized spacial score (nSPS) is 11.4. The van der Waals surface area contributed by atoms with Crippen LogP contribution in [0.5, 0.6) is 11.5 Å². The molecule has 0 unspecified atom stereocenters. The number of benzene rings is 5. The molecule has 57 heavy (non-hydrogen) atoms. The number of hydrogen-bond acceptors (Lipinski definition) is 10. The Morgan fingerprint density at radius 2 is 1.19 bits per heavy atom. The van der Waals surface area contributed by atoms with E-state index in [0.717, 1.165) is 0 Å². The van der Waals surface area contributed by atoms with Crippen LogP contribution in [0.4, 0.5) is 28.4 Å². The van der Waals surface area contributed by atoms with Crippen LogP contribution in [-0.4, -0.2) is 57.9 Å². The summed E-state index contributed by atoms with van der Waals surface area (Å²) < 4.78 is 5.77. The van der Waals surface area contributed by atoms with E-state index in [4.69, 9.17) is 15.6 Å². The van der Waals surface area contributed by atoms with Crippen molar-refractivity contribution >= 4 is 63.9 Å². The Kier molecular flexibility index (Phi) is 13.0. The number of carbonyl (C=O) groups excluding carboxylic acids is 5. The molecule has 16 heteroatoms. The molecular formula is C41H37N7O9. The zero-order valence-electron chi connectivity index (χ0n) is 30.6. The highest BCUT2D eigenvalue weighted by molar-refractivity contribution is 6.10. The van der Waals surface area contributed by atoms with Crippen LogP contribution >= 0.6 is 0 Å². The lowest BCUT2D eigenvalue weighted by Gasteiger charge is -2.19. The lowest BCUT2D eigenvalue weighted by molar-refractivity contribution is -0.123. The molecule has 0 saturated carbocycles. The second-order valence-corrected chi connectivity index (χ2v) is 12.6. The number of aromatic carboxylic acids is 1. The maximum atomic E-state index is 13.3. The van der Waals surface area contributed by atoms with Gasteiger partial charge in [0.05, 0.1) is 40.7 Å². The number of carboxylic acid groups (broad SMARTS) is 1. The van der Waals surface area contributed by atoms with E-state index in [1.165, 1.54) is 72.8 Å². The number of rotatable bonds is 15. The first-order valence-electron chi connectivity index (χ1n) is 17.3. The molecule has 0 aliphatic rings. The van der Waals surface area contributed by atoms with Crippen molar-refractivity contribution in [1.29, 1.82) is 0 Å². The molecule has 0 spiro atoms. The maximum Gasteiger partial charge on any atom is 0.335 e. The van der Waals surface area contributed by atoms with E-state index in [1.807, 2.05) is 18.2 Å². The van der Waals surface area contributed by atoms with Gasteiger partial charge in [-0.2, -0.15) is 10.2 Å². The van der Waals surface area contributed by atoms with E-state index in [9.17, 15) is 33.9 Å². The minimum Gasteiger partial charge on any atom is -0.504 e. The average Bonchev–Trinajstić information content (AvgIpc) is 3.19. The third-order valence-corrected chi connectivity index (χ3v) is 7.98. The maximum absolute atomic E-state index is 13.3. The van der Waals surface area contributed by atoms with Crippen LogP contribution < -0.4 is 31.7 Å². The predicted molar refractivity (Wildman–Crippen MR) is 210 cm³/mol. The molecule has 0 radical (unpaired) electrons. The van der Waals surface area contributed by atoms with E-state index in [0.29, 0.717) is 11.4 Å². The minimum atomic E-state index is -1.33. The summed E-state index contributed by atoms with van der Waals surface area (Å²) in [5.41, 5.74) is 7.30. The first-order chi connectivity index (χ1) is 27.3. The van der Waals surface area contributed by atoms with Gasteiger partial charge in [0.1, 0.15) is 6.04 Å². The zero-order chi connectivity index (χ0) is 41.1. The number of hydrogen-bond donors (Lipinski definition) is 7. The highest BCUT2D eigenvalue weighted by Gasteiger charge is 2.25. The Morgan fingerprint density at radius 1 is 0.649 bits per heavy atom. The summed E-state index contributed by atoms with van der Waals surface area (Å²) in [6.07, 6.45) is -0.961. The molecule has 1 atom stereocenters. The first-order valence-corrected chi connectivity index (χ1v) is 17.3. The molecule has 5 amide bonds. The van der Waals surface area contributed by atoms with Gasteiger partial charge in [-0.15, -0.1) is 0 Å². The second kappa shape index (κ2) is 18.4. The molecule has 0 saturated heterocycles. The number of primary amides is 1. The van der Waals surface area contributed by atoms with Gasteiger partial charge in [0.25, 0.3) is 17.7 Å². The van der Waals surface area contributed by atoms with Crippen LogP contribution in [-0.2, 0) is 9.59 Å². The van der Waals surface area contributed by atoms with Gasteiger partial charge in [-0.05, 0) is 111 Å². The molecule has 0 aliphatic carbocycles. The van der Waals surface area contributed by atoms with Gasteiger partial charge >= 0.3 is 5.97 Å². The zero-order valence-corrected chi connectivity index (χ0v) is 30.6. The number of carboxylic acids is 1. The standard InChI is InChI=1S/C41H37N7O9/c1-23(2)57-36-32(21-20-31(35(36)50)39(53)43-27-16-12-26(13-17-27)41(55)56)45-37(51)24-8-14-28(15-9-24)44-40(54)33(22-34(42)49)46-38(52)25-10-18-30(19-11-25)48-47-29-6-4-3-5-7-29/h3-21,23,33,50H,22H2,1-2H3,(H2,42,49)(H,43,53)(H,44,54)(H,45,51)(H,46,52)(H,55,56)/t33-/m0/s1. The number of anilines is 3. The van der Waals surface area contributed by atoms with E-state index >= 15 is 0 Å². The van der Waals surface area contributed by atoms with Crippen molar-refractivity contribution in [1.82, 2.24) is 5.32 Å². The molecule has 0 bridgehead atoms. The number of carbonyl (C=O) groups is 6. The SMILES string of the molecule is CC(C)Oc1c(NC(=O)c2ccc(NC(=O)[C@H](CC(N)=O)NC(=O)c3ccc(N=Nc4ccccc4)cc3)cc2)ccc(C(=O)Nc2ccc(C(=O)O)cc2)c1O. The van der Waals surface area contributed by atoms with Gasteiger partial charge in [-0.3, -0.25) is 24.0 Å². The second-order valence-electron chi connectivity index (χ2n) is 12.6. The van der Waals surface area contributed by atoms with Gasteiger partial charge < -0.3 is 42.0 Å². The van der Waals surface area contributed by atoms with Crippen LogP contribution in [0.2, 0.25) is 0 Å². The minimum absolute atomic E-state index is 0.0285. The summed E-state index contributed by atoms with van der Waals surface area (Å²) in [6.45, 7) is 3.38. The summed E-state index contributed by atoms with van der Waals surface area (Å²) in [4.78, 5) is 75.4. The summed E-state index contributed by atoms with van der Waals surface area (Å²) in [7, 11) is 0. The Bertz CT molecular complexity index is 2310. The smallest absolute Gasteiger partial charge is 0.335 e. The molecule has 0 aliphatic heterocycles. The summed E-state index contributed by atoms with van der Waals surface area (Å²) in [5.74, 6) is -5.37. The largest absolute Gasteiger partial charge is 0.504 e. The van der Waals surface area contributed by atoms with E-state index < -0.39 is 59.8 Å². The number of azo groups is 1. The number of ether oxygens (including phenoxy) is 1. The summed E-state index contributed by atoms with van der Waals surface area (Å²) in [6, 6.07) is 27.7. The van der Waals surface area contributed by atoms with Gasteiger partial charge in [0, 0.05) is 22.5 Å². The van der Waals surface area contributed by atoms with E-state index in [1.54, 1.807) is 38.1 Å². The first kappa shape index (κ1) is 40.3. The van der Waals surface area contributed by atoms with Crippen molar-refractivity contribution in [3.05, 3.63) is 138 Å². The molecule has 8 N–H and O–H groups in total. The van der Waals surface area contributed by atoms with Crippen molar-refractivity contribution in [2.45, 2.75) is 32.4 Å². The molecule has 16 nitrogen and oxygen atoms in total. The topological polar surface area (TPSA) is 251 Å². The number of amides is 5.